The van der Waals surface area contributed by atoms with Gasteiger partial charge in [-0.1, -0.05) is 5.16 Å². The number of nitrogens with zero attached hydrogens (tertiary/aromatic N) is 5. The molecule has 1 fully saturated rings. The Morgan fingerprint density at radius 2 is 2.14 bits per heavy atom. The molecule has 0 atom stereocenters. The van der Waals surface area contributed by atoms with Crippen LogP contribution in [0.3, 0.4) is 0 Å². The van der Waals surface area contributed by atoms with Crippen molar-refractivity contribution in [3.05, 3.63) is 18.0 Å². The van der Waals surface area contributed by atoms with E-state index in [9.17, 15) is 0 Å². The van der Waals surface area contributed by atoms with Crippen molar-refractivity contribution in [2.24, 2.45) is 0 Å². The number of nitrogens with one attached hydrogen (secondary N) is 2. The summed E-state index contributed by atoms with van der Waals surface area (Å²) in [5, 5.41) is 17.9. The second-order valence-electron chi connectivity index (χ2n) is 4.99. The molecule has 0 aromatic carbocycles. The van der Waals surface area contributed by atoms with Crippen molar-refractivity contribution in [2.75, 3.05) is 50.0 Å². The highest BCUT2D eigenvalue weighted by molar-refractivity contribution is 5.48. The maximum atomic E-state index is 5.32. The predicted molar refractivity (Wildman–Crippen MR) is 80.1 cm³/mol. The van der Waals surface area contributed by atoms with Crippen LogP contribution in [-0.4, -0.2) is 64.6 Å². The number of aryl methyl sites for hydroxylation is 1. The number of rotatable bonds is 6. The largest absolute Gasteiger partial charge is 0.379 e. The minimum absolute atomic E-state index is 0.379. The molecule has 0 spiro atoms. The average molecular weight is 305 g/mol. The topological polar surface area (TPSA) is 101 Å². The fraction of sp³-hybridized carbons (Fsp3) is 0.538. The second-order valence-corrected chi connectivity index (χ2v) is 4.99. The maximum absolute atomic E-state index is 5.32. The Balaban J connectivity index is 1.50. The monoisotopic (exact) mass is 305 g/mol. The molecule has 0 bridgehead atoms. The minimum atomic E-state index is 0.379. The Hall–Kier alpha value is -2.26. The number of morpholine rings is 1. The highest BCUT2D eigenvalue weighted by Gasteiger charge is 2.10. The Bertz CT molecular complexity index is 598. The van der Waals surface area contributed by atoms with E-state index in [1.54, 1.807) is 12.3 Å². The molecule has 1 aliphatic rings. The predicted octanol–water partition coefficient (Wildman–Crippen LogP) is 0.656. The van der Waals surface area contributed by atoms with E-state index >= 15 is 0 Å². The number of hydrogen-bond acceptors (Lipinski definition) is 9. The summed E-state index contributed by atoms with van der Waals surface area (Å²) in [6.07, 6.45) is 1.60. The number of hydrogen-bond donors (Lipinski definition) is 2. The van der Waals surface area contributed by atoms with E-state index in [0.717, 1.165) is 45.2 Å². The van der Waals surface area contributed by atoms with Gasteiger partial charge in [0.25, 0.3) is 0 Å². The van der Waals surface area contributed by atoms with Crippen molar-refractivity contribution >= 4 is 17.6 Å². The zero-order chi connectivity index (χ0) is 15.2. The summed E-state index contributed by atoms with van der Waals surface area (Å²) >= 11 is 0. The van der Waals surface area contributed by atoms with Crippen LogP contribution in [0.15, 0.2) is 16.8 Å². The molecule has 0 amide bonds. The van der Waals surface area contributed by atoms with Crippen LogP contribution < -0.4 is 10.6 Å². The first-order chi connectivity index (χ1) is 10.8. The maximum Gasteiger partial charge on any atom is 0.250 e. The lowest BCUT2D eigenvalue weighted by Crippen LogP contribution is -2.39. The highest BCUT2D eigenvalue weighted by atomic mass is 16.5. The van der Waals surface area contributed by atoms with E-state index in [1.165, 1.54) is 0 Å². The van der Waals surface area contributed by atoms with Gasteiger partial charge in [0.1, 0.15) is 5.76 Å². The van der Waals surface area contributed by atoms with Gasteiger partial charge in [-0.05, 0) is 6.92 Å². The zero-order valence-electron chi connectivity index (χ0n) is 12.4. The number of aromatic nitrogens is 4. The average Bonchev–Trinajstić information content (AvgIpc) is 2.94. The van der Waals surface area contributed by atoms with Gasteiger partial charge in [0.2, 0.25) is 5.95 Å². The van der Waals surface area contributed by atoms with Gasteiger partial charge in [-0.15, -0.1) is 5.10 Å². The summed E-state index contributed by atoms with van der Waals surface area (Å²) in [6.45, 7) is 7.12. The van der Waals surface area contributed by atoms with Gasteiger partial charge in [0.05, 0.1) is 19.4 Å². The molecule has 3 rings (SSSR count). The Kier molecular flexibility index (Phi) is 4.76. The van der Waals surface area contributed by atoms with Crippen molar-refractivity contribution in [3.8, 4) is 0 Å². The van der Waals surface area contributed by atoms with Gasteiger partial charge in [0, 0.05) is 32.2 Å². The van der Waals surface area contributed by atoms with Gasteiger partial charge in [-0.2, -0.15) is 10.1 Å². The third-order valence-electron chi connectivity index (χ3n) is 3.26. The van der Waals surface area contributed by atoms with E-state index in [4.69, 9.17) is 9.26 Å². The molecule has 9 heteroatoms. The SMILES string of the molecule is Cc1cc(Nc2nncc(NCCN3CCOCC3)n2)no1. The first kappa shape index (κ1) is 14.7. The third kappa shape index (κ3) is 4.12. The van der Waals surface area contributed by atoms with Crippen molar-refractivity contribution in [2.45, 2.75) is 6.92 Å². The number of ether oxygens (including phenoxy) is 1. The van der Waals surface area contributed by atoms with Crippen molar-refractivity contribution in [3.63, 3.8) is 0 Å². The quantitative estimate of drug-likeness (QED) is 0.796. The minimum Gasteiger partial charge on any atom is -0.379 e. The molecule has 2 aromatic rings. The van der Waals surface area contributed by atoms with Crippen LogP contribution in [0.4, 0.5) is 17.6 Å². The molecule has 0 saturated carbocycles. The first-order valence-corrected chi connectivity index (χ1v) is 7.23. The Labute approximate surface area is 128 Å². The smallest absolute Gasteiger partial charge is 0.250 e. The van der Waals surface area contributed by atoms with Crippen molar-refractivity contribution < 1.29 is 9.26 Å². The molecule has 1 aliphatic heterocycles. The lowest BCUT2D eigenvalue weighted by molar-refractivity contribution is 0.0398. The summed E-state index contributed by atoms with van der Waals surface area (Å²) in [6, 6.07) is 1.77. The molecule has 2 N–H and O–H groups in total. The Morgan fingerprint density at radius 1 is 1.27 bits per heavy atom. The van der Waals surface area contributed by atoms with Crippen molar-refractivity contribution in [1.29, 1.82) is 0 Å². The lowest BCUT2D eigenvalue weighted by atomic mass is 10.4. The summed E-state index contributed by atoms with van der Waals surface area (Å²) in [7, 11) is 0. The van der Waals surface area contributed by atoms with Crippen LogP contribution in [0, 0.1) is 6.92 Å². The molecule has 0 radical (unpaired) electrons. The van der Waals surface area contributed by atoms with Crippen LogP contribution in [0.1, 0.15) is 5.76 Å². The van der Waals surface area contributed by atoms with E-state index in [1.807, 2.05) is 6.92 Å². The van der Waals surface area contributed by atoms with Crippen LogP contribution in [0.5, 0.6) is 0 Å². The van der Waals surface area contributed by atoms with Crippen LogP contribution in [0.25, 0.3) is 0 Å². The third-order valence-corrected chi connectivity index (χ3v) is 3.26. The van der Waals surface area contributed by atoms with Crippen LogP contribution >= 0.6 is 0 Å². The molecule has 22 heavy (non-hydrogen) atoms. The summed E-state index contributed by atoms with van der Waals surface area (Å²) < 4.78 is 10.3. The highest BCUT2D eigenvalue weighted by Crippen LogP contribution is 2.12. The molecule has 0 unspecified atom stereocenters. The second kappa shape index (κ2) is 7.14. The zero-order valence-corrected chi connectivity index (χ0v) is 12.4. The van der Waals surface area contributed by atoms with E-state index in [2.05, 4.69) is 35.9 Å². The Morgan fingerprint density at radius 3 is 2.91 bits per heavy atom. The van der Waals surface area contributed by atoms with Gasteiger partial charge in [-0.3, -0.25) is 4.90 Å². The molecular formula is C13H19N7O2. The van der Waals surface area contributed by atoms with E-state index in [-0.39, 0.29) is 0 Å². The number of anilines is 3. The summed E-state index contributed by atoms with van der Waals surface area (Å²) in [5.74, 6) is 2.33. The van der Waals surface area contributed by atoms with Crippen LogP contribution in [-0.2, 0) is 4.74 Å². The van der Waals surface area contributed by atoms with Gasteiger partial charge < -0.3 is 19.9 Å². The van der Waals surface area contributed by atoms with Crippen molar-refractivity contribution in [1.82, 2.24) is 25.2 Å². The standard InChI is InChI=1S/C13H19N7O2/c1-10-8-11(19-22-10)16-13-17-12(9-15-18-13)14-2-3-20-4-6-21-7-5-20/h8-9H,2-7H2,1H3,(H2,14,16,17,18,19). The molecule has 118 valence electrons. The molecule has 0 aliphatic carbocycles. The van der Waals surface area contributed by atoms with Gasteiger partial charge in [0.15, 0.2) is 11.6 Å². The molecule has 9 nitrogen and oxygen atoms in total. The van der Waals surface area contributed by atoms with E-state index in [0.29, 0.717) is 17.6 Å². The van der Waals surface area contributed by atoms with Crippen LogP contribution in [0.2, 0.25) is 0 Å². The fourth-order valence-electron chi connectivity index (χ4n) is 2.15. The van der Waals surface area contributed by atoms with Gasteiger partial charge >= 0.3 is 0 Å². The summed E-state index contributed by atoms with van der Waals surface area (Å²) in [5.41, 5.74) is 0. The normalized spacial score (nSPS) is 15.7. The fourth-order valence-corrected chi connectivity index (χ4v) is 2.15. The molecule has 3 heterocycles. The van der Waals surface area contributed by atoms with E-state index < -0.39 is 0 Å². The molecule has 1 saturated heterocycles. The summed E-state index contributed by atoms with van der Waals surface area (Å²) in [4.78, 5) is 6.69. The molecule has 2 aromatic heterocycles. The van der Waals surface area contributed by atoms with Gasteiger partial charge in [-0.25, -0.2) is 0 Å². The lowest BCUT2D eigenvalue weighted by Gasteiger charge is -2.26. The first-order valence-electron chi connectivity index (χ1n) is 7.23. The molecular weight excluding hydrogens is 286 g/mol.